The van der Waals surface area contributed by atoms with Crippen LogP contribution in [0.15, 0.2) is 12.4 Å². The Hall–Kier alpha value is -1.36. The Morgan fingerprint density at radius 1 is 1.77 bits per heavy atom. The molecule has 0 unspecified atom stereocenters. The predicted octanol–water partition coefficient (Wildman–Crippen LogP) is -0.345. The van der Waals surface area contributed by atoms with Crippen LogP contribution in [0.4, 0.5) is 0 Å². The molecule has 2 N–H and O–H groups in total. The summed E-state index contributed by atoms with van der Waals surface area (Å²) in [7, 11) is 0. The Balaban J connectivity index is 2.04. The van der Waals surface area contributed by atoms with Crippen molar-refractivity contribution in [2.75, 3.05) is 13.1 Å². The maximum Gasteiger partial charge on any atom is 0.307 e. The second-order valence-electron chi connectivity index (χ2n) is 3.21. The number of aliphatic carboxylic acids is 1. The molecule has 5 nitrogen and oxygen atoms in total. The molecule has 0 radical (unpaired) electrons. The molecule has 1 aliphatic heterocycles. The van der Waals surface area contributed by atoms with E-state index in [0.717, 1.165) is 18.7 Å². The van der Waals surface area contributed by atoms with Crippen molar-refractivity contribution in [1.82, 2.24) is 15.1 Å². The van der Waals surface area contributed by atoms with Gasteiger partial charge in [-0.3, -0.25) is 9.48 Å². The van der Waals surface area contributed by atoms with Crippen molar-refractivity contribution in [3.8, 4) is 0 Å². The number of carbonyl (C=O) groups is 1. The first-order valence-electron chi connectivity index (χ1n) is 4.21. The fourth-order valence-corrected chi connectivity index (χ4v) is 1.30. The molecule has 70 valence electrons. The number of nitrogens with one attached hydrogen (secondary N) is 1. The van der Waals surface area contributed by atoms with Crippen molar-refractivity contribution in [2.24, 2.45) is 0 Å². The lowest BCUT2D eigenvalue weighted by molar-refractivity contribution is -0.136. The largest absolute Gasteiger partial charge is 0.481 e. The number of carboxylic acid groups (broad SMARTS) is 1. The summed E-state index contributed by atoms with van der Waals surface area (Å²) < 4.78 is 1.83. The summed E-state index contributed by atoms with van der Waals surface area (Å²) in [5.41, 5.74) is 0.763. The van der Waals surface area contributed by atoms with E-state index in [1.165, 1.54) is 0 Å². The third-order valence-corrected chi connectivity index (χ3v) is 2.14. The van der Waals surface area contributed by atoms with Crippen LogP contribution in [0.1, 0.15) is 11.6 Å². The molecule has 2 heterocycles. The molecule has 0 aromatic carbocycles. The van der Waals surface area contributed by atoms with Gasteiger partial charge in [-0.15, -0.1) is 0 Å². The van der Waals surface area contributed by atoms with E-state index >= 15 is 0 Å². The van der Waals surface area contributed by atoms with Gasteiger partial charge in [-0.25, -0.2) is 0 Å². The van der Waals surface area contributed by atoms with Crippen LogP contribution < -0.4 is 5.32 Å². The minimum Gasteiger partial charge on any atom is -0.481 e. The van der Waals surface area contributed by atoms with Crippen LogP contribution in [0, 0.1) is 0 Å². The van der Waals surface area contributed by atoms with Gasteiger partial charge in [0.25, 0.3) is 0 Å². The first kappa shape index (κ1) is 8.25. The highest BCUT2D eigenvalue weighted by molar-refractivity contribution is 5.69. The number of rotatable bonds is 3. The third kappa shape index (κ3) is 1.70. The van der Waals surface area contributed by atoms with Gasteiger partial charge in [0.15, 0.2) is 0 Å². The fourth-order valence-electron chi connectivity index (χ4n) is 1.30. The topological polar surface area (TPSA) is 67.1 Å². The van der Waals surface area contributed by atoms with Crippen LogP contribution in [0.25, 0.3) is 0 Å². The van der Waals surface area contributed by atoms with Gasteiger partial charge >= 0.3 is 5.97 Å². The van der Waals surface area contributed by atoms with Crippen molar-refractivity contribution < 1.29 is 9.90 Å². The van der Waals surface area contributed by atoms with Crippen molar-refractivity contribution in [1.29, 1.82) is 0 Å². The molecular weight excluding hydrogens is 170 g/mol. The molecular formula is C8H11N3O2. The second-order valence-corrected chi connectivity index (χ2v) is 3.21. The maximum absolute atomic E-state index is 10.4. The standard InChI is InChI=1S/C8H11N3O2/c12-8(13)1-6-2-10-11(5-6)7-3-9-4-7/h2,5,7,9H,1,3-4H2,(H,12,13). The van der Waals surface area contributed by atoms with Gasteiger partial charge in [-0.05, 0) is 0 Å². The summed E-state index contributed by atoms with van der Waals surface area (Å²) in [5.74, 6) is -0.814. The van der Waals surface area contributed by atoms with Crippen LogP contribution >= 0.6 is 0 Å². The lowest BCUT2D eigenvalue weighted by Gasteiger charge is -2.27. The van der Waals surface area contributed by atoms with E-state index in [1.54, 1.807) is 12.4 Å². The van der Waals surface area contributed by atoms with Crippen molar-refractivity contribution in [3.05, 3.63) is 18.0 Å². The molecule has 1 aromatic heterocycles. The fraction of sp³-hybridized carbons (Fsp3) is 0.500. The van der Waals surface area contributed by atoms with E-state index in [0.29, 0.717) is 6.04 Å². The van der Waals surface area contributed by atoms with Crippen LogP contribution in [0.5, 0.6) is 0 Å². The highest BCUT2D eigenvalue weighted by Crippen LogP contribution is 2.11. The molecule has 0 amide bonds. The molecule has 13 heavy (non-hydrogen) atoms. The maximum atomic E-state index is 10.4. The smallest absolute Gasteiger partial charge is 0.307 e. The number of hydrogen-bond donors (Lipinski definition) is 2. The first-order valence-corrected chi connectivity index (χ1v) is 4.21. The Morgan fingerprint density at radius 3 is 3.08 bits per heavy atom. The molecule has 0 saturated carbocycles. The van der Waals surface area contributed by atoms with Crippen LogP contribution in [-0.2, 0) is 11.2 Å². The summed E-state index contributed by atoms with van der Waals surface area (Å²) in [5, 5.41) is 15.8. The summed E-state index contributed by atoms with van der Waals surface area (Å²) >= 11 is 0. The summed E-state index contributed by atoms with van der Waals surface area (Å²) in [4.78, 5) is 10.4. The average molecular weight is 181 g/mol. The number of hydrogen-bond acceptors (Lipinski definition) is 3. The Kier molecular flexibility index (Phi) is 2.02. The minimum absolute atomic E-state index is 0.0557. The van der Waals surface area contributed by atoms with Gasteiger partial charge in [0.2, 0.25) is 0 Å². The Morgan fingerprint density at radius 2 is 2.54 bits per heavy atom. The van der Waals surface area contributed by atoms with E-state index < -0.39 is 5.97 Å². The third-order valence-electron chi connectivity index (χ3n) is 2.14. The molecule has 1 fully saturated rings. The summed E-state index contributed by atoms with van der Waals surface area (Å²) in [6.45, 7) is 1.85. The summed E-state index contributed by atoms with van der Waals surface area (Å²) in [6.07, 6.45) is 3.48. The monoisotopic (exact) mass is 181 g/mol. The van der Waals surface area contributed by atoms with E-state index in [4.69, 9.17) is 5.11 Å². The first-order chi connectivity index (χ1) is 6.25. The zero-order valence-corrected chi connectivity index (χ0v) is 7.10. The van der Waals surface area contributed by atoms with E-state index in [-0.39, 0.29) is 6.42 Å². The van der Waals surface area contributed by atoms with Crippen LogP contribution in [-0.4, -0.2) is 33.9 Å². The van der Waals surface area contributed by atoms with Gasteiger partial charge in [0.05, 0.1) is 18.7 Å². The molecule has 1 aliphatic rings. The lowest BCUT2D eigenvalue weighted by Crippen LogP contribution is -2.43. The second kappa shape index (κ2) is 3.18. The molecule has 1 aromatic rings. The Bertz CT molecular complexity index is 317. The molecule has 0 bridgehead atoms. The van der Waals surface area contributed by atoms with Gasteiger partial charge in [-0.2, -0.15) is 5.10 Å². The number of carboxylic acids is 1. The molecule has 0 atom stereocenters. The molecule has 5 heteroatoms. The van der Waals surface area contributed by atoms with Crippen molar-refractivity contribution >= 4 is 5.97 Å². The molecule has 0 aliphatic carbocycles. The van der Waals surface area contributed by atoms with Crippen molar-refractivity contribution in [2.45, 2.75) is 12.5 Å². The van der Waals surface area contributed by atoms with Gasteiger partial charge in [0, 0.05) is 24.8 Å². The van der Waals surface area contributed by atoms with E-state index in [1.807, 2.05) is 4.68 Å². The minimum atomic E-state index is -0.814. The van der Waals surface area contributed by atoms with Gasteiger partial charge in [-0.1, -0.05) is 0 Å². The zero-order chi connectivity index (χ0) is 9.26. The van der Waals surface area contributed by atoms with E-state index in [2.05, 4.69) is 10.4 Å². The highest BCUT2D eigenvalue weighted by Gasteiger charge is 2.19. The lowest BCUT2D eigenvalue weighted by atomic mass is 10.2. The molecule has 0 spiro atoms. The number of aromatic nitrogens is 2. The predicted molar refractivity (Wildman–Crippen MR) is 45.5 cm³/mol. The summed E-state index contributed by atoms with van der Waals surface area (Å²) in [6, 6.07) is 0.405. The quantitative estimate of drug-likeness (QED) is 0.669. The van der Waals surface area contributed by atoms with Crippen molar-refractivity contribution in [3.63, 3.8) is 0 Å². The van der Waals surface area contributed by atoms with Crippen LogP contribution in [0.2, 0.25) is 0 Å². The van der Waals surface area contributed by atoms with Gasteiger partial charge in [0.1, 0.15) is 0 Å². The molecule has 2 rings (SSSR count). The Labute approximate surface area is 75.4 Å². The normalized spacial score (nSPS) is 16.9. The zero-order valence-electron chi connectivity index (χ0n) is 7.10. The molecule has 1 saturated heterocycles. The van der Waals surface area contributed by atoms with Crippen LogP contribution in [0.3, 0.4) is 0 Å². The van der Waals surface area contributed by atoms with E-state index in [9.17, 15) is 4.79 Å². The SMILES string of the molecule is O=C(O)Cc1cnn(C2CNC2)c1. The number of nitrogens with zero attached hydrogens (tertiary/aromatic N) is 2. The van der Waals surface area contributed by atoms with Gasteiger partial charge < -0.3 is 10.4 Å². The highest BCUT2D eigenvalue weighted by atomic mass is 16.4. The average Bonchev–Trinajstić information content (AvgIpc) is 2.31.